The quantitative estimate of drug-likeness (QED) is 0.775. The Morgan fingerprint density at radius 3 is 2.36 bits per heavy atom. The van der Waals surface area contributed by atoms with Crippen LogP contribution in [0.3, 0.4) is 0 Å². The number of halogens is 1. The van der Waals surface area contributed by atoms with Gasteiger partial charge in [0.2, 0.25) is 0 Å². The third kappa shape index (κ3) is 2.86. The number of benzene rings is 1. The Hall–Kier alpha value is -2.15. The summed E-state index contributed by atoms with van der Waals surface area (Å²) in [5, 5.41) is 2.46. The van der Waals surface area contributed by atoms with Gasteiger partial charge in [0.05, 0.1) is 24.5 Å². The van der Waals surface area contributed by atoms with Gasteiger partial charge in [-0.1, -0.05) is 17.7 Å². The smallest absolute Gasteiger partial charge is 0.282 e. The molecular weight excluding hydrogens is 360 g/mol. The molecule has 1 saturated heterocycles. The normalized spacial score (nSPS) is 18.4. The molecule has 0 aliphatic carbocycles. The molecule has 128 valence electrons. The molecule has 2 aliphatic heterocycles. The lowest BCUT2D eigenvalue weighted by molar-refractivity contribution is -0.121. The number of imide groups is 1. The van der Waals surface area contributed by atoms with Crippen molar-refractivity contribution in [3.63, 3.8) is 0 Å². The summed E-state index contributed by atoms with van der Waals surface area (Å²) in [6, 6.07) is 10.5. The highest BCUT2D eigenvalue weighted by atomic mass is 35.5. The molecule has 5 nitrogen and oxygen atoms in total. The molecule has 2 amide bonds. The van der Waals surface area contributed by atoms with Gasteiger partial charge < -0.3 is 9.64 Å². The summed E-state index contributed by atoms with van der Waals surface area (Å²) in [6.07, 6.45) is 0. The predicted molar refractivity (Wildman–Crippen MR) is 97.6 cm³/mol. The third-order valence-corrected chi connectivity index (χ3v) is 5.38. The van der Waals surface area contributed by atoms with Crippen LogP contribution in [0.4, 0.5) is 5.69 Å². The average molecular weight is 375 g/mol. The zero-order valence-electron chi connectivity index (χ0n) is 13.3. The molecule has 2 aromatic rings. The second-order valence-corrected chi connectivity index (χ2v) is 7.11. The molecular formula is C18H15ClN2O3S. The second-order valence-electron chi connectivity index (χ2n) is 5.72. The number of carbonyl (C=O) groups is 2. The summed E-state index contributed by atoms with van der Waals surface area (Å²) >= 11 is 7.39. The topological polar surface area (TPSA) is 49.9 Å². The van der Waals surface area contributed by atoms with Crippen LogP contribution in [0.2, 0.25) is 5.02 Å². The van der Waals surface area contributed by atoms with E-state index in [4.69, 9.17) is 16.3 Å². The third-order valence-electron chi connectivity index (χ3n) is 4.24. The van der Waals surface area contributed by atoms with Gasteiger partial charge in [-0.05, 0) is 35.7 Å². The lowest BCUT2D eigenvalue weighted by Crippen LogP contribution is -2.40. The lowest BCUT2D eigenvalue weighted by Gasteiger charge is -2.29. The van der Waals surface area contributed by atoms with Crippen molar-refractivity contribution < 1.29 is 14.3 Å². The zero-order valence-corrected chi connectivity index (χ0v) is 14.8. The van der Waals surface area contributed by atoms with Crippen LogP contribution < -0.4 is 4.90 Å². The summed E-state index contributed by atoms with van der Waals surface area (Å²) in [5.74, 6) is -0.589. The number of rotatable bonds is 3. The van der Waals surface area contributed by atoms with Gasteiger partial charge in [0.25, 0.3) is 11.8 Å². The number of nitrogens with zero attached hydrogens (tertiary/aromatic N) is 2. The molecule has 0 radical (unpaired) electrons. The summed E-state index contributed by atoms with van der Waals surface area (Å²) in [7, 11) is 0. The molecule has 7 heteroatoms. The second kappa shape index (κ2) is 6.63. The molecule has 0 saturated carbocycles. The standard InChI is InChI=1S/C18H15ClN2O3S/c19-12-3-5-13(6-4-12)21-17(22)15(14-2-1-11-25-14)16(18(21)23)20-7-9-24-10-8-20/h1-6,11H,7-10H2. The Morgan fingerprint density at radius 2 is 1.72 bits per heavy atom. The van der Waals surface area contributed by atoms with Crippen molar-refractivity contribution in [3.05, 3.63) is 57.4 Å². The molecule has 3 heterocycles. The largest absolute Gasteiger partial charge is 0.378 e. The number of thiophene rings is 1. The molecule has 25 heavy (non-hydrogen) atoms. The van der Waals surface area contributed by atoms with Crippen molar-refractivity contribution >= 4 is 46.0 Å². The summed E-state index contributed by atoms with van der Waals surface area (Å²) in [6.45, 7) is 2.28. The van der Waals surface area contributed by atoms with E-state index in [9.17, 15) is 9.59 Å². The highest BCUT2D eigenvalue weighted by molar-refractivity contribution is 7.11. The van der Waals surface area contributed by atoms with Crippen LogP contribution in [0.1, 0.15) is 4.88 Å². The number of hydrogen-bond donors (Lipinski definition) is 0. The fourth-order valence-electron chi connectivity index (χ4n) is 3.07. The molecule has 0 bridgehead atoms. The number of morpholine rings is 1. The first kappa shape index (κ1) is 16.3. The van der Waals surface area contributed by atoms with Gasteiger partial charge in [0.1, 0.15) is 5.70 Å². The van der Waals surface area contributed by atoms with Crippen molar-refractivity contribution in [2.45, 2.75) is 0 Å². The minimum atomic E-state index is -0.295. The average Bonchev–Trinajstić information content (AvgIpc) is 3.23. The minimum absolute atomic E-state index is 0.294. The first-order valence-corrected chi connectivity index (χ1v) is 9.18. The van der Waals surface area contributed by atoms with E-state index >= 15 is 0 Å². The van der Waals surface area contributed by atoms with Gasteiger partial charge in [-0.25, -0.2) is 4.90 Å². The van der Waals surface area contributed by atoms with Crippen molar-refractivity contribution in [1.29, 1.82) is 0 Å². The van der Waals surface area contributed by atoms with Gasteiger partial charge in [0.15, 0.2) is 0 Å². The number of amides is 2. The van der Waals surface area contributed by atoms with Crippen LogP contribution >= 0.6 is 22.9 Å². The van der Waals surface area contributed by atoms with Crippen LogP contribution in [-0.4, -0.2) is 43.0 Å². The molecule has 1 fully saturated rings. The van der Waals surface area contributed by atoms with Gasteiger partial charge in [-0.3, -0.25) is 9.59 Å². The first-order chi connectivity index (χ1) is 12.2. The number of ether oxygens (including phenoxy) is 1. The van der Waals surface area contributed by atoms with E-state index in [-0.39, 0.29) is 11.8 Å². The van der Waals surface area contributed by atoms with E-state index < -0.39 is 0 Å². The maximum Gasteiger partial charge on any atom is 0.282 e. The number of hydrogen-bond acceptors (Lipinski definition) is 5. The summed E-state index contributed by atoms with van der Waals surface area (Å²) < 4.78 is 5.39. The van der Waals surface area contributed by atoms with Crippen LogP contribution in [0.15, 0.2) is 47.5 Å². The van der Waals surface area contributed by atoms with Gasteiger partial charge >= 0.3 is 0 Å². The Morgan fingerprint density at radius 1 is 1.00 bits per heavy atom. The zero-order chi connectivity index (χ0) is 17.4. The summed E-state index contributed by atoms with van der Waals surface area (Å²) in [5.41, 5.74) is 1.46. The van der Waals surface area contributed by atoms with E-state index in [1.165, 1.54) is 16.2 Å². The van der Waals surface area contributed by atoms with E-state index in [2.05, 4.69) is 0 Å². The Balaban J connectivity index is 1.79. The van der Waals surface area contributed by atoms with Gasteiger partial charge in [-0.15, -0.1) is 11.3 Å². The minimum Gasteiger partial charge on any atom is -0.378 e. The molecule has 1 aromatic heterocycles. The number of carbonyl (C=O) groups excluding carboxylic acids is 2. The Kier molecular flexibility index (Phi) is 4.33. The van der Waals surface area contributed by atoms with Crippen LogP contribution in [-0.2, 0) is 14.3 Å². The fourth-order valence-corrected chi connectivity index (χ4v) is 3.95. The number of anilines is 1. The molecule has 0 unspecified atom stereocenters. The first-order valence-electron chi connectivity index (χ1n) is 7.92. The van der Waals surface area contributed by atoms with Crippen molar-refractivity contribution in [2.24, 2.45) is 0 Å². The van der Waals surface area contributed by atoms with E-state index in [1.807, 2.05) is 22.4 Å². The molecule has 0 spiro atoms. The highest BCUT2D eigenvalue weighted by Crippen LogP contribution is 2.36. The molecule has 0 N–H and O–H groups in total. The molecule has 1 aromatic carbocycles. The van der Waals surface area contributed by atoms with Crippen LogP contribution in [0.5, 0.6) is 0 Å². The lowest BCUT2D eigenvalue weighted by atomic mass is 10.1. The molecule has 4 rings (SSSR count). The Labute approximate surface area is 154 Å². The monoisotopic (exact) mass is 374 g/mol. The predicted octanol–water partition coefficient (Wildman–Crippen LogP) is 3.02. The fraction of sp³-hybridized carbons (Fsp3) is 0.222. The van der Waals surface area contributed by atoms with Crippen LogP contribution in [0, 0.1) is 0 Å². The molecule has 2 aliphatic rings. The van der Waals surface area contributed by atoms with Crippen molar-refractivity contribution in [2.75, 3.05) is 31.2 Å². The SMILES string of the molecule is O=C1C(c2cccs2)=C(N2CCOCC2)C(=O)N1c1ccc(Cl)cc1. The van der Waals surface area contributed by atoms with E-state index in [1.54, 1.807) is 24.3 Å². The maximum atomic E-state index is 13.1. The maximum absolute atomic E-state index is 13.1. The van der Waals surface area contributed by atoms with Crippen molar-refractivity contribution in [1.82, 2.24) is 4.90 Å². The van der Waals surface area contributed by atoms with Gasteiger partial charge in [-0.2, -0.15) is 0 Å². The van der Waals surface area contributed by atoms with Crippen LogP contribution in [0.25, 0.3) is 5.57 Å². The van der Waals surface area contributed by atoms with Crippen molar-refractivity contribution in [3.8, 4) is 0 Å². The molecule has 0 atom stereocenters. The highest BCUT2D eigenvalue weighted by Gasteiger charge is 2.43. The Bertz CT molecular complexity index is 840. The van der Waals surface area contributed by atoms with E-state index in [0.29, 0.717) is 48.3 Å². The van der Waals surface area contributed by atoms with E-state index in [0.717, 1.165) is 4.88 Å². The summed E-state index contributed by atoms with van der Waals surface area (Å²) in [4.78, 5) is 30.2. The van der Waals surface area contributed by atoms with Gasteiger partial charge in [0, 0.05) is 23.0 Å².